The second-order valence-electron chi connectivity index (χ2n) is 4.42. The van der Waals surface area contributed by atoms with Crippen LogP contribution in [0.1, 0.15) is 32.1 Å². The zero-order valence-electron chi connectivity index (χ0n) is 11.1. The predicted octanol–water partition coefficient (Wildman–Crippen LogP) is 2.58. The lowest BCUT2D eigenvalue weighted by atomic mass is 10.1. The lowest BCUT2D eigenvalue weighted by Gasteiger charge is -2.06. The third kappa shape index (κ3) is 5.31. The van der Waals surface area contributed by atoms with Gasteiger partial charge >= 0.3 is 0 Å². The fraction of sp³-hybridized carbons (Fsp3) is 0.462. The van der Waals surface area contributed by atoms with Crippen LogP contribution in [-0.2, 0) is 4.79 Å². The number of unbranched alkanes of at least 4 members (excludes halogenated alkanes) is 3. The summed E-state index contributed by atoms with van der Waals surface area (Å²) in [5.74, 6) is -1.02. The molecule has 0 fully saturated rings. The molecule has 1 aromatic carbocycles. The Kier molecular flexibility index (Phi) is 6.58. The summed E-state index contributed by atoms with van der Waals surface area (Å²) in [4.78, 5) is 21.7. The first-order valence-corrected chi connectivity index (χ1v) is 6.48. The van der Waals surface area contributed by atoms with Crippen molar-refractivity contribution in [3.05, 3.63) is 34.1 Å². The van der Waals surface area contributed by atoms with E-state index in [9.17, 15) is 19.3 Å². The van der Waals surface area contributed by atoms with Gasteiger partial charge in [-0.2, -0.15) is 0 Å². The van der Waals surface area contributed by atoms with E-state index in [-0.39, 0.29) is 18.0 Å². The number of amides is 1. The third-order valence-corrected chi connectivity index (χ3v) is 2.79. The summed E-state index contributed by atoms with van der Waals surface area (Å²) in [6.07, 6.45) is 3.74. The maximum Gasteiger partial charge on any atom is 0.295 e. The normalized spacial score (nSPS) is 10.3. The number of nitrogens with one attached hydrogen (secondary N) is 1. The summed E-state index contributed by atoms with van der Waals surface area (Å²) < 4.78 is 12.9. The first-order valence-electron chi connectivity index (χ1n) is 6.48. The van der Waals surface area contributed by atoms with Gasteiger partial charge < -0.3 is 11.1 Å². The maximum atomic E-state index is 12.9. The Hall–Kier alpha value is -2.02. The van der Waals surface area contributed by atoms with Crippen LogP contribution in [0, 0.1) is 15.9 Å². The van der Waals surface area contributed by atoms with Gasteiger partial charge in [-0.3, -0.25) is 14.9 Å². The second kappa shape index (κ2) is 8.21. The number of benzene rings is 1. The molecular formula is C13H18FN3O3. The minimum Gasteiger partial charge on any atom is -0.330 e. The number of nitrogens with zero attached hydrogens (tertiary/aromatic N) is 1. The molecule has 0 bridgehead atoms. The van der Waals surface area contributed by atoms with Crippen molar-refractivity contribution in [3.8, 4) is 0 Å². The standard InChI is InChI=1S/C13H18FN3O3/c14-10-6-7-11(12(9-10)17(19)20)16-13(18)5-3-1-2-4-8-15/h6-7,9H,1-5,8,15H2,(H,16,18). The van der Waals surface area contributed by atoms with Crippen molar-refractivity contribution in [2.45, 2.75) is 32.1 Å². The molecule has 0 aromatic heterocycles. The minimum atomic E-state index is -0.722. The van der Waals surface area contributed by atoms with Gasteiger partial charge in [0.25, 0.3) is 5.69 Å². The Morgan fingerprint density at radius 1 is 1.30 bits per heavy atom. The fourth-order valence-corrected chi connectivity index (χ4v) is 1.76. The van der Waals surface area contributed by atoms with Gasteiger partial charge in [-0.25, -0.2) is 4.39 Å². The van der Waals surface area contributed by atoms with Crippen molar-refractivity contribution in [3.63, 3.8) is 0 Å². The molecular weight excluding hydrogens is 265 g/mol. The lowest BCUT2D eigenvalue weighted by Crippen LogP contribution is -2.12. The maximum absolute atomic E-state index is 12.9. The van der Waals surface area contributed by atoms with Gasteiger partial charge in [-0.15, -0.1) is 0 Å². The largest absolute Gasteiger partial charge is 0.330 e. The zero-order valence-corrected chi connectivity index (χ0v) is 11.1. The van der Waals surface area contributed by atoms with Crippen molar-refractivity contribution >= 4 is 17.3 Å². The van der Waals surface area contributed by atoms with Crippen LogP contribution in [0.15, 0.2) is 18.2 Å². The molecule has 7 heteroatoms. The average molecular weight is 283 g/mol. The molecule has 0 heterocycles. The van der Waals surface area contributed by atoms with E-state index in [4.69, 9.17) is 5.73 Å². The quantitative estimate of drug-likeness (QED) is 0.435. The first-order chi connectivity index (χ1) is 9.54. The number of nitrogens with two attached hydrogens (primary N) is 1. The molecule has 1 aromatic rings. The topological polar surface area (TPSA) is 98.3 Å². The van der Waals surface area contributed by atoms with Gasteiger partial charge in [0.1, 0.15) is 11.5 Å². The summed E-state index contributed by atoms with van der Waals surface area (Å²) in [5.41, 5.74) is 4.93. The second-order valence-corrected chi connectivity index (χ2v) is 4.42. The predicted molar refractivity (Wildman–Crippen MR) is 73.8 cm³/mol. The van der Waals surface area contributed by atoms with Gasteiger partial charge in [-0.05, 0) is 31.5 Å². The highest BCUT2D eigenvalue weighted by Crippen LogP contribution is 2.25. The Bertz CT molecular complexity index is 480. The van der Waals surface area contributed by atoms with Gasteiger partial charge in [0.05, 0.1) is 11.0 Å². The number of hydrogen-bond donors (Lipinski definition) is 2. The molecule has 0 saturated carbocycles. The van der Waals surface area contributed by atoms with E-state index < -0.39 is 16.4 Å². The van der Waals surface area contributed by atoms with E-state index in [1.54, 1.807) is 0 Å². The van der Waals surface area contributed by atoms with E-state index in [0.717, 1.165) is 31.4 Å². The molecule has 0 radical (unpaired) electrons. The van der Waals surface area contributed by atoms with Crippen LogP contribution in [-0.4, -0.2) is 17.4 Å². The van der Waals surface area contributed by atoms with Crippen LogP contribution in [0.4, 0.5) is 15.8 Å². The Morgan fingerprint density at radius 3 is 2.65 bits per heavy atom. The van der Waals surface area contributed by atoms with E-state index in [2.05, 4.69) is 5.32 Å². The minimum absolute atomic E-state index is 0.0170. The highest BCUT2D eigenvalue weighted by molar-refractivity contribution is 5.92. The van der Waals surface area contributed by atoms with Crippen LogP contribution in [0.5, 0.6) is 0 Å². The zero-order chi connectivity index (χ0) is 15.0. The van der Waals surface area contributed by atoms with Gasteiger partial charge in [0, 0.05) is 6.42 Å². The van der Waals surface area contributed by atoms with Crippen LogP contribution in [0.25, 0.3) is 0 Å². The molecule has 3 N–H and O–H groups in total. The Balaban J connectivity index is 2.51. The number of nitro groups is 1. The summed E-state index contributed by atoms with van der Waals surface area (Å²) >= 11 is 0. The van der Waals surface area contributed by atoms with Crippen LogP contribution >= 0.6 is 0 Å². The number of rotatable bonds is 8. The Labute approximate surface area is 116 Å². The molecule has 0 spiro atoms. The average Bonchev–Trinajstić information content (AvgIpc) is 2.40. The molecule has 0 unspecified atom stereocenters. The van der Waals surface area contributed by atoms with Crippen molar-refractivity contribution in [2.24, 2.45) is 5.73 Å². The van der Waals surface area contributed by atoms with E-state index in [1.165, 1.54) is 6.07 Å². The highest BCUT2D eigenvalue weighted by atomic mass is 19.1. The van der Waals surface area contributed by atoms with E-state index in [1.807, 2.05) is 0 Å². The van der Waals surface area contributed by atoms with Gasteiger partial charge in [0.15, 0.2) is 0 Å². The summed E-state index contributed by atoms with van der Waals surface area (Å²) in [6, 6.07) is 3.06. The fourth-order valence-electron chi connectivity index (χ4n) is 1.76. The molecule has 1 amide bonds. The molecule has 0 saturated heterocycles. The van der Waals surface area contributed by atoms with Crippen LogP contribution in [0.2, 0.25) is 0 Å². The van der Waals surface area contributed by atoms with Crippen molar-refractivity contribution in [2.75, 3.05) is 11.9 Å². The number of halogens is 1. The van der Waals surface area contributed by atoms with Crippen LogP contribution < -0.4 is 11.1 Å². The molecule has 6 nitrogen and oxygen atoms in total. The van der Waals surface area contributed by atoms with Crippen molar-refractivity contribution in [1.29, 1.82) is 0 Å². The molecule has 110 valence electrons. The number of hydrogen-bond acceptors (Lipinski definition) is 4. The SMILES string of the molecule is NCCCCCCC(=O)Nc1ccc(F)cc1[N+](=O)[O-]. The number of anilines is 1. The summed E-state index contributed by atoms with van der Waals surface area (Å²) in [5, 5.41) is 13.2. The van der Waals surface area contributed by atoms with Crippen LogP contribution in [0.3, 0.4) is 0 Å². The number of carbonyl (C=O) groups excluding carboxylic acids is 1. The van der Waals surface area contributed by atoms with Gasteiger partial charge in [0.2, 0.25) is 5.91 Å². The van der Waals surface area contributed by atoms with Crippen molar-refractivity contribution in [1.82, 2.24) is 0 Å². The molecule has 20 heavy (non-hydrogen) atoms. The molecule has 0 aliphatic carbocycles. The van der Waals surface area contributed by atoms with E-state index in [0.29, 0.717) is 13.0 Å². The summed E-state index contributed by atoms with van der Waals surface area (Å²) in [6.45, 7) is 0.633. The lowest BCUT2D eigenvalue weighted by molar-refractivity contribution is -0.384. The highest BCUT2D eigenvalue weighted by Gasteiger charge is 2.16. The molecule has 0 atom stereocenters. The van der Waals surface area contributed by atoms with E-state index >= 15 is 0 Å². The number of nitro benzene ring substituents is 1. The molecule has 0 aliphatic rings. The number of carbonyl (C=O) groups is 1. The first kappa shape index (κ1) is 16.0. The monoisotopic (exact) mass is 283 g/mol. The summed E-state index contributed by atoms with van der Waals surface area (Å²) in [7, 11) is 0. The smallest absolute Gasteiger partial charge is 0.295 e. The van der Waals surface area contributed by atoms with Gasteiger partial charge in [-0.1, -0.05) is 12.8 Å². The molecule has 0 aliphatic heterocycles. The Morgan fingerprint density at radius 2 is 2.00 bits per heavy atom. The molecule has 1 rings (SSSR count). The third-order valence-electron chi connectivity index (χ3n) is 2.79. The van der Waals surface area contributed by atoms with Crippen molar-refractivity contribution < 1.29 is 14.1 Å².